The number of anilines is 1. The third-order valence-electron chi connectivity index (χ3n) is 4.69. The van der Waals surface area contributed by atoms with Crippen molar-refractivity contribution in [2.45, 2.75) is 37.8 Å². The number of hydrogen-bond acceptors (Lipinski definition) is 4. The zero-order valence-electron chi connectivity index (χ0n) is 15.2. The lowest BCUT2D eigenvalue weighted by atomic mass is 10.1. The first-order valence-electron chi connectivity index (χ1n) is 8.91. The van der Waals surface area contributed by atoms with E-state index in [4.69, 9.17) is 11.2 Å². The smallest absolute Gasteiger partial charge is 0.303 e. The van der Waals surface area contributed by atoms with Crippen molar-refractivity contribution in [3.8, 4) is 18.1 Å². The maximum absolute atomic E-state index is 13.2. The summed E-state index contributed by atoms with van der Waals surface area (Å²) in [5, 5.41) is 4.98. The summed E-state index contributed by atoms with van der Waals surface area (Å²) in [5.41, 5.74) is 0.525. The van der Waals surface area contributed by atoms with Gasteiger partial charge in [-0.25, -0.2) is 0 Å². The summed E-state index contributed by atoms with van der Waals surface area (Å²) in [5.74, 6) is 1.97. The van der Waals surface area contributed by atoms with E-state index in [0.29, 0.717) is 11.4 Å². The number of nitrogens with zero attached hydrogens (tertiary/aromatic N) is 1. The van der Waals surface area contributed by atoms with Crippen LogP contribution in [-0.2, 0) is 9.59 Å². The molecular weight excluding hydrogens is 360 g/mol. The predicted molar refractivity (Wildman–Crippen MR) is 107 cm³/mol. The number of methoxy groups -OCH3 is 1. The summed E-state index contributed by atoms with van der Waals surface area (Å²) in [4.78, 5) is 28.0. The second-order valence-corrected chi connectivity index (χ2v) is 7.41. The molecule has 1 aliphatic carbocycles. The number of thiophene rings is 1. The summed E-state index contributed by atoms with van der Waals surface area (Å²) in [7, 11) is 1.55. The molecule has 5 nitrogen and oxygen atoms in total. The molecule has 0 bridgehead atoms. The monoisotopic (exact) mass is 382 g/mol. The lowest BCUT2D eigenvalue weighted by molar-refractivity contribution is -0.125. The van der Waals surface area contributed by atoms with Gasteiger partial charge < -0.3 is 10.1 Å². The Morgan fingerprint density at radius 1 is 1.30 bits per heavy atom. The number of carbonyl (C=O) groups excluding carboxylic acids is 2. The van der Waals surface area contributed by atoms with Gasteiger partial charge in [0, 0.05) is 22.7 Å². The molecule has 140 valence electrons. The van der Waals surface area contributed by atoms with Crippen molar-refractivity contribution in [1.29, 1.82) is 0 Å². The number of amides is 2. The summed E-state index contributed by atoms with van der Waals surface area (Å²) in [6.45, 7) is 0. The predicted octanol–water partition coefficient (Wildman–Crippen LogP) is 3.52. The third-order valence-corrected chi connectivity index (χ3v) is 5.62. The molecule has 1 aromatic heterocycles. The van der Waals surface area contributed by atoms with Crippen LogP contribution >= 0.6 is 11.3 Å². The minimum atomic E-state index is -0.818. The van der Waals surface area contributed by atoms with E-state index in [9.17, 15) is 9.59 Å². The number of nitrogens with one attached hydrogen (secondary N) is 1. The molecule has 3 rings (SSSR count). The first kappa shape index (κ1) is 19.0. The van der Waals surface area contributed by atoms with Crippen molar-refractivity contribution < 1.29 is 14.3 Å². The largest absolute Gasteiger partial charge is 0.497 e. The van der Waals surface area contributed by atoms with Gasteiger partial charge in [0.1, 0.15) is 5.75 Å². The fraction of sp³-hybridized carbons (Fsp3) is 0.333. The molecule has 0 saturated heterocycles. The van der Waals surface area contributed by atoms with Crippen LogP contribution in [0.5, 0.6) is 5.75 Å². The van der Waals surface area contributed by atoms with Crippen molar-refractivity contribution in [3.05, 3.63) is 46.7 Å². The molecule has 1 atom stereocenters. The first-order chi connectivity index (χ1) is 13.1. The lowest BCUT2D eigenvalue weighted by Crippen LogP contribution is -2.45. The van der Waals surface area contributed by atoms with Gasteiger partial charge >= 0.3 is 5.91 Å². The van der Waals surface area contributed by atoms with Gasteiger partial charge in [-0.1, -0.05) is 25.0 Å². The Morgan fingerprint density at radius 2 is 2.07 bits per heavy atom. The quantitative estimate of drug-likeness (QED) is 0.778. The molecule has 1 aromatic carbocycles. The molecule has 0 spiro atoms. The van der Waals surface area contributed by atoms with E-state index in [-0.39, 0.29) is 11.9 Å². The maximum atomic E-state index is 13.2. The maximum Gasteiger partial charge on any atom is 0.303 e. The highest BCUT2D eigenvalue weighted by molar-refractivity contribution is 7.10. The molecule has 27 heavy (non-hydrogen) atoms. The number of carbonyl (C=O) groups is 2. The van der Waals surface area contributed by atoms with Crippen LogP contribution in [0.3, 0.4) is 0 Å². The molecule has 0 unspecified atom stereocenters. The van der Waals surface area contributed by atoms with E-state index in [0.717, 1.165) is 30.6 Å². The van der Waals surface area contributed by atoms with Crippen molar-refractivity contribution in [2.24, 2.45) is 0 Å². The van der Waals surface area contributed by atoms with Gasteiger partial charge in [-0.2, -0.15) is 0 Å². The Labute approximate surface area is 163 Å². The molecule has 6 heteroatoms. The highest BCUT2D eigenvalue weighted by atomic mass is 32.1. The summed E-state index contributed by atoms with van der Waals surface area (Å²) < 4.78 is 5.27. The third kappa shape index (κ3) is 4.32. The summed E-state index contributed by atoms with van der Waals surface area (Å²) >= 11 is 1.42. The van der Waals surface area contributed by atoms with Crippen LogP contribution in [0.15, 0.2) is 41.8 Å². The zero-order valence-corrected chi connectivity index (χ0v) is 16.0. The van der Waals surface area contributed by atoms with Crippen LogP contribution in [-0.4, -0.2) is 25.0 Å². The van der Waals surface area contributed by atoms with Crippen molar-refractivity contribution in [3.63, 3.8) is 0 Å². The van der Waals surface area contributed by atoms with Crippen molar-refractivity contribution in [1.82, 2.24) is 5.32 Å². The lowest BCUT2D eigenvalue weighted by Gasteiger charge is -2.30. The molecule has 0 radical (unpaired) electrons. The molecule has 1 saturated carbocycles. The van der Waals surface area contributed by atoms with Gasteiger partial charge in [-0.15, -0.1) is 17.8 Å². The number of terminal acetylenes is 1. The minimum absolute atomic E-state index is 0.146. The van der Waals surface area contributed by atoms with E-state index in [2.05, 4.69) is 11.2 Å². The average Bonchev–Trinajstić information content (AvgIpc) is 3.39. The fourth-order valence-corrected chi connectivity index (χ4v) is 4.20. The van der Waals surface area contributed by atoms with Crippen LogP contribution < -0.4 is 15.0 Å². The van der Waals surface area contributed by atoms with Crippen molar-refractivity contribution >= 4 is 28.8 Å². The standard InChI is InChI=1S/C21H22N2O3S/c1-3-19(24)23(16-10-6-11-17(14-16)26-2)20(18-12-7-13-27-18)21(25)22-15-8-4-5-9-15/h1,6-7,10-15,20H,4-5,8-9H2,2H3,(H,22,25)/t20-/m1/s1. The van der Waals surface area contributed by atoms with Crippen LogP contribution in [0.25, 0.3) is 0 Å². The van der Waals surface area contributed by atoms with E-state index in [1.165, 1.54) is 16.2 Å². The number of benzene rings is 1. The zero-order chi connectivity index (χ0) is 19.2. The van der Waals surface area contributed by atoms with Crippen LogP contribution in [0.4, 0.5) is 5.69 Å². The highest BCUT2D eigenvalue weighted by Gasteiger charge is 2.34. The summed E-state index contributed by atoms with van der Waals surface area (Å²) in [6.07, 6.45) is 9.58. The van der Waals surface area contributed by atoms with E-state index < -0.39 is 11.9 Å². The number of hydrogen-bond donors (Lipinski definition) is 1. The Hall–Kier alpha value is -2.78. The molecule has 1 aliphatic rings. The Bertz CT molecular complexity index is 835. The Morgan fingerprint density at radius 3 is 2.70 bits per heavy atom. The summed E-state index contributed by atoms with van der Waals surface area (Å²) in [6, 6.07) is 10.0. The molecule has 2 amide bonds. The Balaban J connectivity index is 2.01. The van der Waals surface area contributed by atoms with Crippen LogP contribution in [0.2, 0.25) is 0 Å². The van der Waals surface area contributed by atoms with Gasteiger partial charge in [-0.3, -0.25) is 14.5 Å². The number of ether oxygens (including phenoxy) is 1. The molecule has 0 aliphatic heterocycles. The Kier molecular flexibility index (Phi) is 6.15. The van der Waals surface area contributed by atoms with Gasteiger partial charge in [0.05, 0.1) is 7.11 Å². The molecule has 1 fully saturated rings. The second kappa shape index (κ2) is 8.74. The fourth-order valence-electron chi connectivity index (χ4n) is 3.38. The SMILES string of the molecule is C#CC(=O)N(c1cccc(OC)c1)[C@@H](C(=O)NC1CCCC1)c1cccs1. The van der Waals surface area contributed by atoms with Crippen LogP contribution in [0, 0.1) is 12.3 Å². The van der Waals surface area contributed by atoms with Crippen LogP contribution in [0.1, 0.15) is 36.6 Å². The molecule has 2 aromatic rings. The van der Waals surface area contributed by atoms with Gasteiger partial charge in [0.2, 0.25) is 5.91 Å². The normalized spacial score (nSPS) is 15.0. The topological polar surface area (TPSA) is 58.6 Å². The highest BCUT2D eigenvalue weighted by Crippen LogP contribution is 2.33. The van der Waals surface area contributed by atoms with Gasteiger partial charge in [0.15, 0.2) is 6.04 Å². The minimum Gasteiger partial charge on any atom is -0.497 e. The van der Waals surface area contributed by atoms with E-state index in [1.807, 2.05) is 17.5 Å². The van der Waals surface area contributed by atoms with Gasteiger partial charge in [0.25, 0.3) is 0 Å². The van der Waals surface area contributed by atoms with E-state index in [1.54, 1.807) is 31.4 Å². The number of rotatable bonds is 6. The second-order valence-electron chi connectivity index (χ2n) is 6.43. The average molecular weight is 382 g/mol. The molecule has 1 heterocycles. The molecule has 1 N–H and O–H groups in total. The first-order valence-corrected chi connectivity index (χ1v) is 9.79. The van der Waals surface area contributed by atoms with E-state index >= 15 is 0 Å². The van der Waals surface area contributed by atoms with Gasteiger partial charge in [-0.05, 0) is 42.3 Å². The molecular formula is C21H22N2O3S. The van der Waals surface area contributed by atoms with Crippen molar-refractivity contribution in [2.75, 3.05) is 12.0 Å².